The summed E-state index contributed by atoms with van der Waals surface area (Å²) in [4.78, 5) is 18.6. The lowest BCUT2D eigenvalue weighted by molar-refractivity contribution is -0.137. The number of fused-ring (bicyclic) bond motifs is 1. The number of nitrogens with zero attached hydrogens (tertiary/aromatic N) is 3. The summed E-state index contributed by atoms with van der Waals surface area (Å²) in [6.45, 7) is 0. The van der Waals surface area contributed by atoms with Crippen molar-refractivity contribution < 1.29 is 9.90 Å². The predicted octanol–water partition coefficient (Wildman–Crippen LogP) is 0.204. The Morgan fingerprint density at radius 3 is 3.13 bits per heavy atom. The molecule has 3 N–H and O–H groups in total. The maximum Gasteiger partial charge on any atom is 0.305 e. The van der Waals surface area contributed by atoms with Crippen molar-refractivity contribution in [1.29, 1.82) is 0 Å². The molecule has 2 heterocycles. The molecule has 6 heteroatoms. The molecule has 0 radical (unpaired) electrons. The normalized spacial score (nSPS) is 12.9. The van der Waals surface area contributed by atoms with Gasteiger partial charge in [-0.05, 0) is 0 Å². The molecule has 0 aliphatic heterocycles. The number of hydrogen-bond donors (Lipinski definition) is 2. The minimum absolute atomic E-state index is 0.128. The van der Waals surface area contributed by atoms with E-state index in [0.717, 1.165) is 0 Å². The maximum atomic E-state index is 10.5. The molecule has 0 fully saturated rings. The lowest BCUT2D eigenvalue weighted by Gasteiger charge is -2.03. The molecule has 2 rings (SSSR count). The van der Waals surface area contributed by atoms with Crippen molar-refractivity contribution in [2.24, 2.45) is 5.73 Å². The number of imidazole rings is 1. The molecule has 2 aromatic heterocycles. The molecule has 0 aromatic carbocycles. The largest absolute Gasteiger partial charge is 0.481 e. The average molecular weight is 206 g/mol. The summed E-state index contributed by atoms with van der Waals surface area (Å²) in [7, 11) is 0. The number of hydrogen-bond acceptors (Lipinski definition) is 4. The van der Waals surface area contributed by atoms with Gasteiger partial charge in [0.05, 0.1) is 24.4 Å². The van der Waals surface area contributed by atoms with E-state index < -0.39 is 12.0 Å². The first kappa shape index (κ1) is 9.60. The Hall–Kier alpha value is -1.95. The van der Waals surface area contributed by atoms with Crippen LogP contribution in [0.2, 0.25) is 0 Å². The van der Waals surface area contributed by atoms with Gasteiger partial charge in [0.2, 0.25) is 0 Å². The van der Waals surface area contributed by atoms with Gasteiger partial charge in [0.25, 0.3) is 0 Å². The zero-order valence-electron chi connectivity index (χ0n) is 7.87. The minimum atomic E-state index is -0.933. The smallest absolute Gasteiger partial charge is 0.305 e. The number of nitrogens with two attached hydrogens (primary N) is 1. The molecule has 0 bridgehead atoms. The van der Waals surface area contributed by atoms with Gasteiger partial charge < -0.3 is 15.2 Å². The van der Waals surface area contributed by atoms with Gasteiger partial charge >= 0.3 is 5.97 Å². The highest BCUT2D eigenvalue weighted by Crippen LogP contribution is 2.13. The molecule has 0 aliphatic rings. The third-order valence-corrected chi connectivity index (χ3v) is 2.06. The quantitative estimate of drug-likeness (QED) is 0.748. The second-order valence-electron chi connectivity index (χ2n) is 3.21. The van der Waals surface area contributed by atoms with Crippen molar-refractivity contribution in [1.82, 2.24) is 14.4 Å². The van der Waals surface area contributed by atoms with E-state index in [1.165, 1.54) is 0 Å². The van der Waals surface area contributed by atoms with E-state index >= 15 is 0 Å². The lowest BCUT2D eigenvalue weighted by atomic mass is 10.2. The molecular formula is C9H10N4O2. The van der Waals surface area contributed by atoms with Crippen LogP contribution in [0.3, 0.4) is 0 Å². The molecule has 2 aromatic rings. The van der Waals surface area contributed by atoms with E-state index in [0.29, 0.717) is 11.3 Å². The zero-order valence-corrected chi connectivity index (χ0v) is 7.87. The SMILES string of the molecule is NC(CC(=O)O)c1cn2ccncc2n1. The summed E-state index contributed by atoms with van der Waals surface area (Å²) >= 11 is 0. The standard InChI is InChI=1S/C9H10N4O2/c10-6(3-9(14)15)7-5-13-2-1-11-4-8(13)12-7/h1-2,4-6H,3,10H2,(H,14,15). The van der Waals surface area contributed by atoms with Gasteiger partial charge in [0, 0.05) is 18.6 Å². The topological polar surface area (TPSA) is 93.5 Å². The van der Waals surface area contributed by atoms with Crippen molar-refractivity contribution in [2.75, 3.05) is 0 Å². The Balaban J connectivity index is 2.32. The second kappa shape index (κ2) is 3.66. The van der Waals surface area contributed by atoms with E-state index in [1.807, 2.05) is 0 Å². The van der Waals surface area contributed by atoms with Crippen molar-refractivity contribution in [3.8, 4) is 0 Å². The average Bonchev–Trinajstić information content (AvgIpc) is 2.59. The first-order chi connectivity index (χ1) is 7.16. The number of carboxylic acids is 1. The minimum Gasteiger partial charge on any atom is -0.481 e. The van der Waals surface area contributed by atoms with E-state index in [1.54, 1.807) is 29.2 Å². The van der Waals surface area contributed by atoms with Crippen LogP contribution in [-0.4, -0.2) is 25.4 Å². The molecule has 6 nitrogen and oxygen atoms in total. The van der Waals surface area contributed by atoms with Crippen LogP contribution in [0, 0.1) is 0 Å². The summed E-state index contributed by atoms with van der Waals surface area (Å²) in [5.41, 5.74) is 6.90. The van der Waals surface area contributed by atoms with Crippen molar-refractivity contribution in [3.05, 3.63) is 30.5 Å². The third kappa shape index (κ3) is 1.94. The van der Waals surface area contributed by atoms with Crippen LogP contribution in [0.4, 0.5) is 0 Å². The first-order valence-corrected chi connectivity index (χ1v) is 4.43. The van der Waals surface area contributed by atoms with Gasteiger partial charge in [0.1, 0.15) is 0 Å². The van der Waals surface area contributed by atoms with E-state index in [2.05, 4.69) is 9.97 Å². The van der Waals surface area contributed by atoms with Crippen molar-refractivity contribution >= 4 is 11.6 Å². The Kier molecular flexibility index (Phi) is 2.34. The molecule has 0 amide bonds. The molecule has 0 saturated heterocycles. The van der Waals surface area contributed by atoms with E-state index in [9.17, 15) is 4.79 Å². The Morgan fingerprint density at radius 1 is 1.67 bits per heavy atom. The fraction of sp³-hybridized carbons (Fsp3) is 0.222. The van der Waals surface area contributed by atoms with Crippen LogP contribution in [0.1, 0.15) is 18.2 Å². The van der Waals surface area contributed by atoms with Crippen molar-refractivity contribution in [3.63, 3.8) is 0 Å². The van der Waals surface area contributed by atoms with Gasteiger partial charge in [-0.1, -0.05) is 0 Å². The number of aliphatic carboxylic acids is 1. The number of aromatic nitrogens is 3. The Morgan fingerprint density at radius 2 is 2.47 bits per heavy atom. The molecule has 15 heavy (non-hydrogen) atoms. The molecule has 1 unspecified atom stereocenters. The van der Waals surface area contributed by atoms with Gasteiger partial charge in [-0.15, -0.1) is 0 Å². The van der Waals surface area contributed by atoms with Crippen LogP contribution in [-0.2, 0) is 4.79 Å². The van der Waals surface area contributed by atoms with Gasteiger partial charge in [-0.3, -0.25) is 9.78 Å². The summed E-state index contributed by atoms with van der Waals surface area (Å²) in [5.74, 6) is -0.933. The third-order valence-electron chi connectivity index (χ3n) is 2.06. The molecular weight excluding hydrogens is 196 g/mol. The first-order valence-electron chi connectivity index (χ1n) is 4.43. The molecule has 1 atom stereocenters. The highest BCUT2D eigenvalue weighted by molar-refractivity contribution is 5.67. The van der Waals surface area contributed by atoms with Crippen LogP contribution in [0.5, 0.6) is 0 Å². The fourth-order valence-corrected chi connectivity index (χ4v) is 1.33. The Labute approximate surface area is 85.4 Å². The van der Waals surface area contributed by atoms with Gasteiger partial charge in [-0.25, -0.2) is 4.98 Å². The number of carboxylic acid groups (broad SMARTS) is 1. The van der Waals surface area contributed by atoms with Gasteiger partial charge in [-0.2, -0.15) is 0 Å². The molecule has 78 valence electrons. The molecule has 0 aliphatic carbocycles. The van der Waals surface area contributed by atoms with Crippen LogP contribution >= 0.6 is 0 Å². The summed E-state index contributed by atoms with van der Waals surface area (Å²) < 4.78 is 1.75. The number of rotatable bonds is 3. The molecule has 0 saturated carbocycles. The highest BCUT2D eigenvalue weighted by Gasteiger charge is 2.13. The van der Waals surface area contributed by atoms with E-state index in [4.69, 9.17) is 10.8 Å². The summed E-state index contributed by atoms with van der Waals surface area (Å²) in [6.07, 6.45) is 6.54. The lowest BCUT2D eigenvalue weighted by Crippen LogP contribution is -2.15. The molecule has 0 spiro atoms. The summed E-state index contributed by atoms with van der Waals surface area (Å²) in [6, 6.07) is -0.581. The Bertz CT molecular complexity index is 461. The maximum absolute atomic E-state index is 10.5. The number of carbonyl (C=O) groups is 1. The predicted molar refractivity (Wildman–Crippen MR) is 52.2 cm³/mol. The van der Waals surface area contributed by atoms with Gasteiger partial charge in [0.15, 0.2) is 5.65 Å². The van der Waals surface area contributed by atoms with Crippen molar-refractivity contribution in [2.45, 2.75) is 12.5 Å². The monoisotopic (exact) mass is 206 g/mol. The summed E-state index contributed by atoms with van der Waals surface area (Å²) in [5, 5.41) is 8.59. The van der Waals surface area contributed by atoms with Crippen LogP contribution < -0.4 is 5.73 Å². The second-order valence-corrected chi connectivity index (χ2v) is 3.21. The fourth-order valence-electron chi connectivity index (χ4n) is 1.33. The zero-order chi connectivity index (χ0) is 10.8. The van der Waals surface area contributed by atoms with Crippen LogP contribution in [0.15, 0.2) is 24.8 Å². The van der Waals surface area contributed by atoms with Crippen LogP contribution in [0.25, 0.3) is 5.65 Å². The highest BCUT2D eigenvalue weighted by atomic mass is 16.4. The van der Waals surface area contributed by atoms with E-state index in [-0.39, 0.29) is 6.42 Å².